The monoisotopic (exact) mass is 524 g/mol. The number of anilines is 1. The van der Waals surface area contributed by atoms with Crippen molar-refractivity contribution >= 4 is 57.9 Å². The number of carbonyl (C=O) groups excluding carboxylic acids is 3. The number of aromatic nitrogens is 1. The van der Waals surface area contributed by atoms with Crippen LogP contribution >= 0.6 is 23.4 Å². The second-order valence-electron chi connectivity index (χ2n) is 7.56. The number of halogens is 1. The number of hydrogen-bond donors (Lipinski definition) is 1. The van der Waals surface area contributed by atoms with Gasteiger partial charge in [0.05, 0.1) is 9.83 Å². The van der Waals surface area contributed by atoms with Crippen molar-refractivity contribution in [3.05, 3.63) is 92.0 Å². The van der Waals surface area contributed by atoms with Crippen LogP contribution in [-0.4, -0.2) is 38.4 Å². The van der Waals surface area contributed by atoms with Gasteiger partial charge in [0.1, 0.15) is 18.5 Å². The number of thioether (sulfide) groups is 1. The Morgan fingerprint density at radius 1 is 1.19 bits per heavy atom. The average molecular weight is 525 g/mol. The summed E-state index contributed by atoms with van der Waals surface area (Å²) in [5.74, 6) is -0.493. The third-order valence-corrected chi connectivity index (χ3v) is 6.28. The minimum absolute atomic E-state index is 0.149. The fourth-order valence-electron chi connectivity index (χ4n) is 3.10. The highest BCUT2D eigenvalue weighted by Gasteiger charge is 2.36. The van der Waals surface area contributed by atoms with Gasteiger partial charge in [0.2, 0.25) is 11.8 Å². The van der Waals surface area contributed by atoms with Gasteiger partial charge in [-0.2, -0.15) is 0 Å². The summed E-state index contributed by atoms with van der Waals surface area (Å²) >= 11 is 6.80. The molecule has 10 nitrogen and oxygen atoms in total. The van der Waals surface area contributed by atoms with Crippen LogP contribution in [0.1, 0.15) is 11.1 Å². The number of amides is 3. The number of aryl methyl sites for hydroxylation is 1. The number of ether oxygens (including phenoxy) is 1. The molecular weight excluding hydrogens is 508 g/mol. The lowest BCUT2D eigenvalue weighted by Gasteiger charge is -2.13. The Morgan fingerprint density at radius 3 is 2.58 bits per heavy atom. The molecule has 0 radical (unpaired) electrons. The zero-order chi connectivity index (χ0) is 25.8. The van der Waals surface area contributed by atoms with Crippen molar-refractivity contribution in [3.63, 3.8) is 0 Å². The summed E-state index contributed by atoms with van der Waals surface area (Å²) in [6, 6.07) is 14.3. The minimum atomic E-state index is -0.572. The minimum Gasteiger partial charge on any atom is -0.439 e. The van der Waals surface area contributed by atoms with E-state index in [1.54, 1.807) is 42.5 Å². The van der Waals surface area contributed by atoms with Crippen LogP contribution in [0.4, 0.5) is 16.2 Å². The lowest BCUT2D eigenvalue weighted by Crippen LogP contribution is -2.36. The van der Waals surface area contributed by atoms with Crippen molar-refractivity contribution in [2.75, 3.05) is 11.9 Å². The summed E-state index contributed by atoms with van der Waals surface area (Å²) in [6.45, 7) is 1.40. The molecular formula is C24H17ClN4O6S. The number of imide groups is 1. The first kappa shape index (κ1) is 24.9. The topological polar surface area (TPSA) is 132 Å². The molecule has 1 aromatic heterocycles. The van der Waals surface area contributed by atoms with E-state index in [1.165, 1.54) is 18.2 Å². The fraction of sp³-hybridized carbons (Fsp3) is 0.0833. The van der Waals surface area contributed by atoms with Crippen LogP contribution in [0.5, 0.6) is 11.6 Å². The van der Waals surface area contributed by atoms with Crippen molar-refractivity contribution in [1.29, 1.82) is 0 Å². The van der Waals surface area contributed by atoms with E-state index in [9.17, 15) is 24.5 Å². The second kappa shape index (κ2) is 10.6. The van der Waals surface area contributed by atoms with Crippen LogP contribution in [0.2, 0.25) is 5.02 Å². The van der Waals surface area contributed by atoms with Gasteiger partial charge >= 0.3 is 0 Å². The van der Waals surface area contributed by atoms with Gasteiger partial charge in [0.15, 0.2) is 0 Å². The summed E-state index contributed by atoms with van der Waals surface area (Å²) < 4.78 is 5.56. The number of benzene rings is 2. The summed E-state index contributed by atoms with van der Waals surface area (Å²) in [4.78, 5) is 52.5. The van der Waals surface area contributed by atoms with Crippen LogP contribution in [0.3, 0.4) is 0 Å². The molecule has 2 aromatic carbocycles. The van der Waals surface area contributed by atoms with Crippen LogP contribution in [0.15, 0.2) is 65.7 Å². The van der Waals surface area contributed by atoms with E-state index >= 15 is 0 Å². The standard InChI is InChI=1S/C24H17ClN4O6S/c1-14-2-5-16(11-19(14)25)27-21(30)13-28-23(31)20(36-24(28)32)10-15-3-7-18(8-4-15)35-22-9-6-17(12-26-22)29(33)34/h2-12H,13H2,1H3,(H,27,30)/b20-10-. The highest BCUT2D eigenvalue weighted by atomic mass is 35.5. The van der Waals surface area contributed by atoms with Gasteiger partial charge < -0.3 is 10.1 Å². The molecule has 0 bridgehead atoms. The zero-order valence-electron chi connectivity index (χ0n) is 18.6. The maximum atomic E-state index is 12.7. The molecule has 1 saturated heterocycles. The summed E-state index contributed by atoms with van der Waals surface area (Å²) in [6.07, 6.45) is 2.63. The molecule has 4 rings (SSSR count). The molecule has 182 valence electrons. The Hall–Kier alpha value is -4.22. The van der Waals surface area contributed by atoms with E-state index in [2.05, 4.69) is 10.3 Å². The fourth-order valence-corrected chi connectivity index (χ4v) is 4.11. The molecule has 12 heteroatoms. The highest BCUT2D eigenvalue weighted by Crippen LogP contribution is 2.32. The van der Waals surface area contributed by atoms with Gasteiger partial charge in [-0.05, 0) is 60.2 Å². The van der Waals surface area contributed by atoms with E-state index in [1.807, 2.05) is 6.92 Å². The van der Waals surface area contributed by atoms with Crippen molar-refractivity contribution in [2.45, 2.75) is 6.92 Å². The molecule has 0 atom stereocenters. The molecule has 0 spiro atoms. The predicted molar refractivity (Wildman–Crippen MR) is 135 cm³/mol. The highest BCUT2D eigenvalue weighted by molar-refractivity contribution is 8.18. The van der Waals surface area contributed by atoms with E-state index in [0.29, 0.717) is 22.0 Å². The molecule has 0 aliphatic carbocycles. The quantitative estimate of drug-likeness (QED) is 0.246. The van der Waals surface area contributed by atoms with Crippen LogP contribution in [0, 0.1) is 17.0 Å². The number of nitrogens with zero attached hydrogens (tertiary/aromatic N) is 3. The van der Waals surface area contributed by atoms with E-state index < -0.39 is 28.5 Å². The lowest BCUT2D eigenvalue weighted by atomic mass is 10.2. The van der Waals surface area contributed by atoms with Gasteiger partial charge in [-0.15, -0.1) is 0 Å². The molecule has 3 aromatic rings. The van der Waals surface area contributed by atoms with Crippen LogP contribution in [-0.2, 0) is 9.59 Å². The maximum Gasteiger partial charge on any atom is 0.294 e. The largest absolute Gasteiger partial charge is 0.439 e. The molecule has 1 aliphatic rings. The van der Waals surface area contributed by atoms with Gasteiger partial charge in [-0.3, -0.25) is 29.4 Å². The van der Waals surface area contributed by atoms with Crippen LogP contribution < -0.4 is 10.1 Å². The first-order chi connectivity index (χ1) is 17.2. The third kappa shape index (κ3) is 5.88. The maximum absolute atomic E-state index is 12.7. The third-order valence-electron chi connectivity index (χ3n) is 4.96. The number of rotatable bonds is 7. The Bertz CT molecular complexity index is 1390. The molecule has 3 amide bonds. The molecule has 2 heterocycles. The molecule has 1 N–H and O–H groups in total. The van der Waals surface area contributed by atoms with Crippen molar-refractivity contribution < 1.29 is 24.0 Å². The number of hydrogen-bond acceptors (Lipinski definition) is 8. The number of pyridine rings is 1. The Morgan fingerprint density at radius 2 is 1.94 bits per heavy atom. The smallest absolute Gasteiger partial charge is 0.294 e. The van der Waals surface area contributed by atoms with Crippen molar-refractivity contribution in [1.82, 2.24) is 9.88 Å². The molecule has 0 unspecified atom stereocenters. The van der Waals surface area contributed by atoms with E-state index in [-0.39, 0.29) is 16.5 Å². The second-order valence-corrected chi connectivity index (χ2v) is 8.96. The summed E-state index contributed by atoms with van der Waals surface area (Å²) in [7, 11) is 0. The average Bonchev–Trinajstić information content (AvgIpc) is 3.10. The first-order valence-corrected chi connectivity index (χ1v) is 11.6. The molecule has 1 fully saturated rings. The van der Waals surface area contributed by atoms with E-state index in [4.69, 9.17) is 16.3 Å². The molecule has 0 saturated carbocycles. The Kier molecular flexibility index (Phi) is 7.32. The number of carbonyl (C=O) groups is 3. The van der Waals surface area contributed by atoms with Crippen LogP contribution in [0.25, 0.3) is 6.08 Å². The Labute approximate surface area is 214 Å². The van der Waals surface area contributed by atoms with E-state index in [0.717, 1.165) is 28.4 Å². The predicted octanol–water partition coefficient (Wildman–Crippen LogP) is 5.42. The van der Waals surface area contributed by atoms with Gasteiger partial charge in [0, 0.05) is 22.8 Å². The van der Waals surface area contributed by atoms with Gasteiger partial charge in [0.25, 0.3) is 16.8 Å². The summed E-state index contributed by atoms with van der Waals surface area (Å²) in [5.41, 5.74) is 1.80. The van der Waals surface area contributed by atoms with Crippen molar-refractivity contribution in [2.24, 2.45) is 0 Å². The van der Waals surface area contributed by atoms with Gasteiger partial charge in [-0.25, -0.2) is 4.98 Å². The normalized spacial score (nSPS) is 14.3. The lowest BCUT2D eigenvalue weighted by molar-refractivity contribution is -0.385. The first-order valence-electron chi connectivity index (χ1n) is 10.4. The van der Waals surface area contributed by atoms with Crippen molar-refractivity contribution in [3.8, 4) is 11.6 Å². The molecule has 1 aliphatic heterocycles. The Balaban J connectivity index is 1.38. The SMILES string of the molecule is Cc1ccc(NC(=O)CN2C(=O)S/C(=C\c3ccc(Oc4ccc([N+](=O)[O-])cn4)cc3)C2=O)cc1Cl. The van der Waals surface area contributed by atoms with Gasteiger partial charge in [-0.1, -0.05) is 29.8 Å². The molecule has 36 heavy (non-hydrogen) atoms. The number of nitrogens with one attached hydrogen (secondary N) is 1. The number of nitro groups is 1. The zero-order valence-corrected chi connectivity index (χ0v) is 20.2. The summed E-state index contributed by atoms with van der Waals surface area (Å²) in [5, 5.41) is 13.3.